The van der Waals surface area contributed by atoms with Gasteiger partial charge in [0.2, 0.25) is 0 Å². The average Bonchev–Trinajstić information content (AvgIpc) is 1.85. The van der Waals surface area contributed by atoms with E-state index < -0.39 is 0 Å². The zero-order valence-electron chi connectivity index (χ0n) is 6.80. The van der Waals surface area contributed by atoms with E-state index in [2.05, 4.69) is 30.6 Å². The SMILES string of the molecule is C=CN1CC(C)NC(C)C1. The van der Waals surface area contributed by atoms with E-state index in [0.29, 0.717) is 12.1 Å². The third kappa shape index (κ3) is 1.74. The van der Waals surface area contributed by atoms with Crippen molar-refractivity contribution in [2.45, 2.75) is 25.9 Å². The van der Waals surface area contributed by atoms with Crippen LogP contribution >= 0.6 is 0 Å². The van der Waals surface area contributed by atoms with Crippen LogP contribution in [0.4, 0.5) is 0 Å². The molecule has 1 rings (SSSR count). The summed E-state index contributed by atoms with van der Waals surface area (Å²) in [4.78, 5) is 2.26. The van der Waals surface area contributed by atoms with Crippen LogP contribution in [-0.4, -0.2) is 30.1 Å². The molecule has 0 amide bonds. The van der Waals surface area contributed by atoms with Gasteiger partial charge in [-0.3, -0.25) is 0 Å². The van der Waals surface area contributed by atoms with Crippen LogP contribution in [0.15, 0.2) is 12.8 Å². The molecule has 2 heteroatoms. The minimum absolute atomic E-state index is 0.599. The number of nitrogens with one attached hydrogen (secondary N) is 1. The highest BCUT2D eigenvalue weighted by Gasteiger charge is 2.17. The second-order valence-electron chi connectivity index (χ2n) is 3.11. The van der Waals surface area contributed by atoms with Crippen LogP contribution in [0.25, 0.3) is 0 Å². The fourth-order valence-electron chi connectivity index (χ4n) is 1.52. The quantitative estimate of drug-likeness (QED) is 0.580. The standard InChI is InChI=1S/C8H16N2/c1-4-10-5-7(2)9-8(3)6-10/h4,7-9H,1,5-6H2,2-3H3. The summed E-state index contributed by atoms with van der Waals surface area (Å²) in [7, 11) is 0. The first-order valence-electron chi connectivity index (χ1n) is 3.85. The Morgan fingerprint density at radius 3 is 2.30 bits per heavy atom. The lowest BCUT2D eigenvalue weighted by Gasteiger charge is -2.35. The van der Waals surface area contributed by atoms with Gasteiger partial charge in [0.05, 0.1) is 0 Å². The molecule has 1 fully saturated rings. The lowest BCUT2D eigenvalue weighted by molar-refractivity contribution is 0.232. The zero-order valence-corrected chi connectivity index (χ0v) is 6.80. The van der Waals surface area contributed by atoms with E-state index in [9.17, 15) is 0 Å². The summed E-state index contributed by atoms with van der Waals surface area (Å²) in [6.07, 6.45) is 1.92. The Hall–Kier alpha value is -0.500. The second kappa shape index (κ2) is 3.06. The molecule has 0 saturated carbocycles. The monoisotopic (exact) mass is 140 g/mol. The highest BCUT2D eigenvalue weighted by atomic mass is 15.2. The van der Waals surface area contributed by atoms with Crippen molar-refractivity contribution < 1.29 is 0 Å². The number of hydrogen-bond donors (Lipinski definition) is 1. The summed E-state index contributed by atoms with van der Waals surface area (Å²) in [5.74, 6) is 0. The van der Waals surface area contributed by atoms with Crippen molar-refractivity contribution >= 4 is 0 Å². The van der Waals surface area contributed by atoms with Crippen LogP contribution in [0.1, 0.15) is 13.8 Å². The van der Waals surface area contributed by atoms with E-state index in [1.807, 2.05) is 6.20 Å². The van der Waals surface area contributed by atoms with Crippen molar-refractivity contribution in [3.63, 3.8) is 0 Å². The van der Waals surface area contributed by atoms with Gasteiger partial charge in [-0.2, -0.15) is 0 Å². The van der Waals surface area contributed by atoms with Crippen LogP contribution in [0.2, 0.25) is 0 Å². The smallest absolute Gasteiger partial charge is 0.0324 e. The van der Waals surface area contributed by atoms with E-state index in [-0.39, 0.29) is 0 Å². The first-order valence-corrected chi connectivity index (χ1v) is 3.85. The van der Waals surface area contributed by atoms with Gasteiger partial charge in [0, 0.05) is 25.2 Å². The molecule has 0 aromatic carbocycles. The number of rotatable bonds is 1. The molecule has 0 radical (unpaired) electrons. The fourth-order valence-corrected chi connectivity index (χ4v) is 1.52. The van der Waals surface area contributed by atoms with Crippen molar-refractivity contribution in [1.29, 1.82) is 0 Å². The van der Waals surface area contributed by atoms with Gasteiger partial charge in [-0.1, -0.05) is 6.58 Å². The molecular weight excluding hydrogens is 124 g/mol. The van der Waals surface area contributed by atoms with Gasteiger partial charge in [-0.15, -0.1) is 0 Å². The molecule has 0 aromatic rings. The summed E-state index contributed by atoms with van der Waals surface area (Å²) in [5.41, 5.74) is 0. The second-order valence-corrected chi connectivity index (χ2v) is 3.11. The summed E-state index contributed by atoms with van der Waals surface area (Å²) in [5, 5.41) is 3.45. The molecule has 58 valence electrons. The minimum atomic E-state index is 0.599. The molecule has 1 N–H and O–H groups in total. The lowest BCUT2D eigenvalue weighted by atomic mass is 10.2. The Morgan fingerprint density at radius 2 is 1.90 bits per heavy atom. The van der Waals surface area contributed by atoms with Crippen LogP contribution in [0.3, 0.4) is 0 Å². The van der Waals surface area contributed by atoms with Gasteiger partial charge in [0.25, 0.3) is 0 Å². The molecule has 1 heterocycles. The van der Waals surface area contributed by atoms with Gasteiger partial charge < -0.3 is 10.2 Å². The number of piperazine rings is 1. The largest absolute Gasteiger partial charge is 0.375 e. The number of nitrogens with zero attached hydrogens (tertiary/aromatic N) is 1. The topological polar surface area (TPSA) is 15.3 Å². The molecule has 2 atom stereocenters. The minimum Gasteiger partial charge on any atom is -0.375 e. The van der Waals surface area contributed by atoms with Crippen LogP contribution in [0.5, 0.6) is 0 Å². The van der Waals surface area contributed by atoms with Gasteiger partial charge in [-0.05, 0) is 20.0 Å². The van der Waals surface area contributed by atoms with Crippen molar-refractivity contribution in [2.75, 3.05) is 13.1 Å². The summed E-state index contributed by atoms with van der Waals surface area (Å²) in [6.45, 7) is 10.3. The molecule has 0 bridgehead atoms. The van der Waals surface area contributed by atoms with Crippen molar-refractivity contribution in [3.05, 3.63) is 12.8 Å². The van der Waals surface area contributed by atoms with Gasteiger partial charge >= 0.3 is 0 Å². The molecule has 1 aliphatic rings. The Balaban J connectivity index is 2.42. The molecular formula is C8H16N2. The maximum atomic E-state index is 3.75. The summed E-state index contributed by atoms with van der Waals surface area (Å²) < 4.78 is 0. The first-order chi connectivity index (χ1) is 4.72. The lowest BCUT2D eigenvalue weighted by Crippen LogP contribution is -2.52. The first kappa shape index (κ1) is 7.61. The normalized spacial score (nSPS) is 34.0. The third-order valence-corrected chi connectivity index (χ3v) is 1.84. The third-order valence-electron chi connectivity index (χ3n) is 1.84. The molecule has 2 nitrogen and oxygen atoms in total. The highest BCUT2D eigenvalue weighted by molar-refractivity contribution is 4.85. The van der Waals surface area contributed by atoms with Gasteiger partial charge in [0.15, 0.2) is 0 Å². The van der Waals surface area contributed by atoms with Crippen molar-refractivity contribution in [2.24, 2.45) is 0 Å². The maximum Gasteiger partial charge on any atom is 0.0324 e. The van der Waals surface area contributed by atoms with Crippen molar-refractivity contribution in [3.8, 4) is 0 Å². The molecule has 0 aliphatic carbocycles. The van der Waals surface area contributed by atoms with E-state index in [4.69, 9.17) is 0 Å². The molecule has 10 heavy (non-hydrogen) atoms. The van der Waals surface area contributed by atoms with Crippen LogP contribution < -0.4 is 5.32 Å². The van der Waals surface area contributed by atoms with Crippen molar-refractivity contribution in [1.82, 2.24) is 10.2 Å². The van der Waals surface area contributed by atoms with Crippen LogP contribution in [0, 0.1) is 0 Å². The number of hydrogen-bond acceptors (Lipinski definition) is 2. The Morgan fingerprint density at radius 1 is 1.40 bits per heavy atom. The average molecular weight is 140 g/mol. The van der Waals surface area contributed by atoms with Crippen LogP contribution in [-0.2, 0) is 0 Å². The predicted octanol–water partition coefficient (Wildman–Crippen LogP) is 0.812. The molecule has 0 aromatic heterocycles. The Labute approximate surface area is 62.9 Å². The fraction of sp³-hybridized carbons (Fsp3) is 0.750. The van der Waals surface area contributed by atoms with E-state index in [1.54, 1.807) is 0 Å². The van der Waals surface area contributed by atoms with E-state index >= 15 is 0 Å². The zero-order chi connectivity index (χ0) is 7.56. The Kier molecular flexibility index (Phi) is 2.33. The van der Waals surface area contributed by atoms with Gasteiger partial charge in [0.1, 0.15) is 0 Å². The molecule has 1 saturated heterocycles. The predicted molar refractivity (Wildman–Crippen MR) is 43.8 cm³/mol. The van der Waals surface area contributed by atoms with E-state index in [1.165, 1.54) is 0 Å². The summed E-state index contributed by atoms with van der Waals surface area (Å²) in [6, 6.07) is 1.20. The molecule has 2 unspecified atom stereocenters. The Bertz CT molecular complexity index is 112. The highest BCUT2D eigenvalue weighted by Crippen LogP contribution is 2.02. The van der Waals surface area contributed by atoms with Gasteiger partial charge in [-0.25, -0.2) is 0 Å². The maximum absolute atomic E-state index is 3.75. The van der Waals surface area contributed by atoms with E-state index in [0.717, 1.165) is 13.1 Å². The molecule has 1 aliphatic heterocycles. The molecule has 0 spiro atoms. The summed E-state index contributed by atoms with van der Waals surface area (Å²) >= 11 is 0.